The van der Waals surface area contributed by atoms with E-state index in [1.165, 1.54) is 0 Å². The molecule has 1 aliphatic rings. The third-order valence-electron chi connectivity index (χ3n) is 4.95. The molecule has 0 radical (unpaired) electrons. The van der Waals surface area contributed by atoms with Gasteiger partial charge in [-0.25, -0.2) is 0 Å². The Balaban J connectivity index is 1.83. The Bertz CT molecular complexity index is 879. The maximum absolute atomic E-state index is 13.2. The van der Waals surface area contributed by atoms with Crippen molar-refractivity contribution in [2.24, 2.45) is 5.92 Å². The SMILES string of the molecule is CC(C)CN(C(=O)c1ccc2ccccc2c1)[C@@H]1CCN(C(=O)C(F)(F)F)C1. The summed E-state index contributed by atoms with van der Waals surface area (Å²) in [5.74, 6) is -1.90. The van der Waals surface area contributed by atoms with Gasteiger partial charge in [-0.1, -0.05) is 44.2 Å². The Hall–Kier alpha value is -2.57. The van der Waals surface area contributed by atoms with Gasteiger partial charge in [-0.3, -0.25) is 9.59 Å². The molecule has 0 aliphatic carbocycles. The summed E-state index contributed by atoms with van der Waals surface area (Å²) in [5.41, 5.74) is 0.500. The van der Waals surface area contributed by atoms with Crippen LogP contribution in [0, 0.1) is 5.92 Å². The molecule has 0 N–H and O–H groups in total. The summed E-state index contributed by atoms with van der Waals surface area (Å²) < 4.78 is 38.2. The van der Waals surface area contributed by atoms with Crippen LogP contribution in [-0.4, -0.2) is 53.5 Å². The summed E-state index contributed by atoms with van der Waals surface area (Å²) >= 11 is 0. The number of nitrogens with zero attached hydrogens (tertiary/aromatic N) is 2. The van der Waals surface area contributed by atoms with Crippen LogP contribution in [0.3, 0.4) is 0 Å². The second-order valence-corrected chi connectivity index (χ2v) is 7.60. The van der Waals surface area contributed by atoms with Crippen molar-refractivity contribution in [3.63, 3.8) is 0 Å². The highest BCUT2D eigenvalue weighted by molar-refractivity contribution is 5.98. The lowest BCUT2D eigenvalue weighted by Gasteiger charge is -2.31. The number of fused-ring (bicyclic) bond motifs is 1. The monoisotopic (exact) mass is 392 g/mol. The molecule has 0 spiro atoms. The van der Waals surface area contributed by atoms with Crippen LogP contribution in [0.15, 0.2) is 42.5 Å². The van der Waals surface area contributed by atoms with Crippen LogP contribution in [0.25, 0.3) is 10.8 Å². The van der Waals surface area contributed by atoms with Gasteiger partial charge in [0, 0.05) is 25.2 Å². The van der Waals surface area contributed by atoms with Gasteiger partial charge in [0.2, 0.25) is 0 Å². The maximum atomic E-state index is 13.2. The van der Waals surface area contributed by atoms with Gasteiger partial charge >= 0.3 is 12.1 Å². The molecule has 4 nitrogen and oxygen atoms in total. The van der Waals surface area contributed by atoms with Crippen molar-refractivity contribution >= 4 is 22.6 Å². The molecule has 1 fully saturated rings. The van der Waals surface area contributed by atoms with Crippen molar-refractivity contribution < 1.29 is 22.8 Å². The lowest BCUT2D eigenvalue weighted by molar-refractivity contribution is -0.184. The first-order valence-corrected chi connectivity index (χ1v) is 9.32. The standard InChI is InChI=1S/C21H23F3N2O2/c1-14(2)12-26(18-9-10-25(13-18)20(28)21(22,23)24)19(27)17-8-7-15-5-3-4-6-16(15)11-17/h3-8,11,14,18H,9-10,12-13H2,1-2H3/t18-/m1/s1. The molecule has 3 rings (SSSR count). The maximum Gasteiger partial charge on any atom is 0.471 e. The number of carbonyl (C=O) groups is 2. The van der Waals surface area contributed by atoms with Crippen molar-refractivity contribution in [1.82, 2.24) is 9.80 Å². The van der Waals surface area contributed by atoms with Gasteiger partial charge in [-0.05, 0) is 35.2 Å². The predicted molar refractivity (Wildman–Crippen MR) is 101 cm³/mol. The molecule has 2 aromatic carbocycles. The Morgan fingerprint density at radius 3 is 2.46 bits per heavy atom. The number of hydrogen-bond acceptors (Lipinski definition) is 2. The normalized spacial score (nSPS) is 17.4. The second-order valence-electron chi connectivity index (χ2n) is 7.60. The predicted octanol–water partition coefficient (Wildman–Crippen LogP) is 4.10. The van der Waals surface area contributed by atoms with Crippen LogP contribution >= 0.6 is 0 Å². The zero-order chi connectivity index (χ0) is 20.5. The van der Waals surface area contributed by atoms with E-state index in [0.29, 0.717) is 18.5 Å². The highest BCUT2D eigenvalue weighted by Gasteiger charge is 2.45. The van der Waals surface area contributed by atoms with Crippen LogP contribution in [-0.2, 0) is 4.79 Å². The van der Waals surface area contributed by atoms with E-state index in [-0.39, 0.29) is 24.9 Å². The molecule has 1 aliphatic heterocycles. The lowest BCUT2D eigenvalue weighted by atomic mass is 10.0. The first kappa shape index (κ1) is 20.2. The fourth-order valence-corrected chi connectivity index (χ4v) is 3.64. The Kier molecular flexibility index (Phi) is 5.63. The third kappa shape index (κ3) is 4.29. The molecule has 7 heteroatoms. The third-order valence-corrected chi connectivity index (χ3v) is 4.95. The number of likely N-dealkylation sites (tertiary alicyclic amines) is 1. The number of halogens is 3. The molecule has 2 amide bonds. The summed E-state index contributed by atoms with van der Waals surface area (Å²) in [6.07, 6.45) is -4.55. The highest BCUT2D eigenvalue weighted by atomic mass is 19.4. The van der Waals surface area contributed by atoms with Crippen molar-refractivity contribution in [2.45, 2.75) is 32.5 Å². The fraction of sp³-hybridized carbons (Fsp3) is 0.429. The van der Waals surface area contributed by atoms with Crippen LogP contribution in [0.4, 0.5) is 13.2 Å². The van der Waals surface area contributed by atoms with Gasteiger partial charge in [0.05, 0.1) is 6.04 Å². The van der Waals surface area contributed by atoms with Gasteiger partial charge < -0.3 is 9.80 Å². The number of hydrogen-bond donors (Lipinski definition) is 0. The number of amides is 2. The number of carbonyl (C=O) groups excluding carboxylic acids is 2. The van der Waals surface area contributed by atoms with Crippen LogP contribution in [0.5, 0.6) is 0 Å². The molecule has 0 unspecified atom stereocenters. The minimum Gasteiger partial charge on any atom is -0.334 e. The number of benzene rings is 2. The minimum absolute atomic E-state index is 0.00258. The van der Waals surface area contributed by atoms with E-state index in [0.717, 1.165) is 15.7 Å². The summed E-state index contributed by atoms with van der Waals surface area (Å²) in [6.45, 7) is 4.24. The zero-order valence-electron chi connectivity index (χ0n) is 15.9. The summed E-state index contributed by atoms with van der Waals surface area (Å²) in [7, 11) is 0. The van der Waals surface area contributed by atoms with Gasteiger partial charge in [0.15, 0.2) is 0 Å². The molecule has 0 bridgehead atoms. The van der Waals surface area contributed by atoms with Crippen LogP contribution in [0.1, 0.15) is 30.6 Å². The van der Waals surface area contributed by atoms with Crippen molar-refractivity contribution in [2.75, 3.05) is 19.6 Å². The summed E-state index contributed by atoms with van der Waals surface area (Å²) in [4.78, 5) is 27.1. The molecule has 0 aromatic heterocycles. The lowest BCUT2D eigenvalue weighted by Crippen LogP contribution is -2.46. The molecule has 28 heavy (non-hydrogen) atoms. The largest absolute Gasteiger partial charge is 0.471 e. The molecule has 0 saturated carbocycles. The average Bonchev–Trinajstić information content (AvgIpc) is 3.13. The molecule has 150 valence electrons. The smallest absolute Gasteiger partial charge is 0.334 e. The molecule has 1 saturated heterocycles. The van der Waals surface area contributed by atoms with Gasteiger partial charge in [0.25, 0.3) is 5.91 Å². The van der Waals surface area contributed by atoms with Gasteiger partial charge in [-0.15, -0.1) is 0 Å². The van der Waals surface area contributed by atoms with Crippen molar-refractivity contribution in [3.05, 3.63) is 48.0 Å². The van der Waals surface area contributed by atoms with E-state index < -0.39 is 18.1 Å². The van der Waals surface area contributed by atoms with E-state index in [4.69, 9.17) is 0 Å². The molecular weight excluding hydrogens is 369 g/mol. The van der Waals surface area contributed by atoms with Crippen LogP contribution in [0.2, 0.25) is 0 Å². The Morgan fingerprint density at radius 2 is 1.82 bits per heavy atom. The quantitative estimate of drug-likeness (QED) is 0.786. The molecule has 1 heterocycles. The van der Waals surface area contributed by atoms with Crippen molar-refractivity contribution in [3.8, 4) is 0 Å². The van der Waals surface area contributed by atoms with Crippen LogP contribution < -0.4 is 0 Å². The van der Waals surface area contributed by atoms with E-state index in [2.05, 4.69) is 0 Å². The molecule has 2 aromatic rings. The van der Waals surface area contributed by atoms with E-state index in [9.17, 15) is 22.8 Å². The summed E-state index contributed by atoms with van der Waals surface area (Å²) in [6, 6.07) is 12.7. The van der Waals surface area contributed by atoms with Gasteiger partial charge in [0.1, 0.15) is 0 Å². The van der Waals surface area contributed by atoms with Gasteiger partial charge in [-0.2, -0.15) is 13.2 Å². The molecular formula is C21H23F3N2O2. The van der Waals surface area contributed by atoms with Crippen molar-refractivity contribution in [1.29, 1.82) is 0 Å². The van der Waals surface area contributed by atoms with E-state index >= 15 is 0 Å². The van der Waals surface area contributed by atoms with E-state index in [1.54, 1.807) is 17.0 Å². The highest BCUT2D eigenvalue weighted by Crippen LogP contribution is 2.26. The first-order chi connectivity index (χ1) is 13.2. The molecule has 1 atom stereocenters. The zero-order valence-corrected chi connectivity index (χ0v) is 15.9. The minimum atomic E-state index is -4.89. The fourth-order valence-electron chi connectivity index (χ4n) is 3.64. The Morgan fingerprint density at radius 1 is 1.14 bits per heavy atom. The number of rotatable bonds is 4. The second kappa shape index (κ2) is 7.81. The summed E-state index contributed by atoms with van der Waals surface area (Å²) in [5, 5.41) is 1.94. The first-order valence-electron chi connectivity index (χ1n) is 9.32. The average molecular weight is 392 g/mol. The topological polar surface area (TPSA) is 40.6 Å². The number of alkyl halides is 3. The van der Waals surface area contributed by atoms with E-state index in [1.807, 2.05) is 44.2 Å². The Labute approximate surface area is 161 Å².